The van der Waals surface area contributed by atoms with Crippen LogP contribution in [0.4, 0.5) is 16.3 Å². The number of nitrogens with zero attached hydrogens (tertiary/aromatic N) is 4. The molecule has 0 spiro atoms. The lowest BCUT2D eigenvalue weighted by atomic mass is 10.1. The average Bonchev–Trinajstić information content (AvgIpc) is 2.89. The summed E-state index contributed by atoms with van der Waals surface area (Å²) in [6.07, 6.45) is 0. The molecule has 0 saturated carbocycles. The van der Waals surface area contributed by atoms with Gasteiger partial charge in [-0.2, -0.15) is 0 Å². The standard InChI is InChI=1S/C28H29N5O2/c1-20-9-8-13-23(21(20)2)30-28(35)32-17-15-31(16-18-32)26-27(34)33(19-22-10-4-3-5-11-22)25-14-7-6-12-24(25)29-26/h3-14H,15-19H2,1-2H3,(H,30,35). The Morgan fingerprint density at radius 3 is 2.37 bits per heavy atom. The number of urea groups is 1. The Morgan fingerprint density at radius 2 is 1.60 bits per heavy atom. The molecule has 7 heteroatoms. The van der Waals surface area contributed by atoms with Gasteiger partial charge in [0.25, 0.3) is 5.56 Å². The van der Waals surface area contributed by atoms with Gasteiger partial charge in [-0.25, -0.2) is 9.78 Å². The van der Waals surface area contributed by atoms with Crippen molar-refractivity contribution in [1.29, 1.82) is 0 Å². The molecule has 3 aromatic carbocycles. The minimum Gasteiger partial charge on any atom is -0.348 e. The van der Waals surface area contributed by atoms with E-state index < -0.39 is 0 Å². The van der Waals surface area contributed by atoms with Gasteiger partial charge in [0.05, 0.1) is 17.6 Å². The first-order chi connectivity index (χ1) is 17.0. The summed E-state index contributed by atoms with van der Waals surface area (Å²) in [5.74, 6) is 0.439. The summed E-state index contributed by atoms with van der Waals surface area (Å²) >= 11 is 0. The highest BCUT2D eigenvalue weighted by atomic mass is 16.2. The van der Waals surface area contributed by atoms with Gasteiger partial charge < -0.3 is 15.1 Å². The van der Waals surface area contributed by atoms with Crippen LogP contribution in [0.3, 0.4) is 0 Å². The minimum atomic E-state index is -0.119. The number of nitrogens with one attached hydrogen (secondary N) is 1. The van der Waals surface area contributed by atoms with Crippen molar-refractivity contribution in [3.63, 3.8) is 0 Å². The van der Waals surface area contributed by atoms with E-state index in [1.807, 2.05) is 91.5 Å². The molecule has 4 aromatic rings. The van der Waals surface area contributed by atoms with Crippen molar-refractivity contribution in [2.45, 2.75) is 20.4 Å². The zero-order valence-corrected chi connectivity index (χ0v) is 20.1. The smallest absolute Gasteiger partial charge is 0.321 e. The van der Waals surface area contributed by atoms with E-state index in [9.17, 15) is 9.59 Å². The van der Waals surface area contributed by atoms with Crippen LogP contribution in [0.2, 0.25) is 0 Å². The number of carbonyl (C=O) groups is 1. The van der Waals surface area contributed by atoms with Crippen LogP contribution in [0.25, 0.3) is 11.0 Å². The summed E-state index contributed by atoms with van der Waals surface area (Å²) in [6.45, 7) is 6.65. The number of aromatic nitrogens is 2. The number of piperazine rings is 1. The molecule has 35 heavy (non-hydrogen) atoms. The van der Waals surface area contributed by atoms with Crippen LogP contribution >= 0.6 is 0 Å². The van der Waals surface area contributed by atoms with Gasteiger partial charge in [-0.1, -0.05) is 54.6 Å². The molecule has 0 atom stereocenters. The van der Waals surface area contributed by atoms with E-state index >= 15 is 0 Å². The zero-order valence-electron chi connectivity index (χ0n) is 20.1. The molecule has 2 heterocycles. The van der Waals surface area contributed by atoms with Crippen LogP contribution < -0.4 is 15.8 Å². The van der Waals surface area contributed by atoms with E-state index in [1.54, 1.807) is 9.47 Å². The average molecular weight is 468 g/mol. The molecule has 0 bridgehead atoms. The molecule has 1 N–H and O–H groups in total. The topological polar surface area (TPSA) is 70.5 Å². The van der Waals surface area contributed by atoms with Crippen molar-refractivity contribution < 1.29 is 4.79 Å². The highest BCUT2D eigenvalue weighted by Gasteiger charge is 2.25. The Labute approximate surface area is 204 Å². The molecule has 178 valence electrons. The summed E-state index contributed by atoms with van der Waals surface area (Å²) in [7, 11) is 0. The van der Waals surface area contributed by atoms with Crippen molar-refractivity contribution in [3.8, 4) is 0 Å². The summed E-state index contributed by atoms with van der Waals surface area (Å²) in [5, 5.41) is 3.03. The van der Waals surface area contributed by atoms with Crippen molar-refractivity contribution in [2.75, 3.05) is 36.4 Å². The molecule has 5 rings (SSSR count). The maximum Gasteiger partial charge on any atom is 0.321 e. The van der Waals surface area contributed by atoms with Crippen LogP contribution in [0.15, 0.2) is 77.6 Å². The highest BCUT2D eigenvalue weighted by molar-refractivity contribution is 5.90. The third kappa shape index (κ3) is 4.62. The number of amides is 2. The minimum absolute atomic E-state index is 0.110. The van der Waals surface area contributed by atoms with Crippen molar-refractivity contribution in [1.82, 2.24) is 14.5 Å². The van der Waals surface area contributed by atoms with E-state index in [-0.39, 0.29) is 11.6 Å². The number of anilines is 2. The number of benzene rings is 3. The van der Waals surface area contributed by atoms with Gasteiger partial charge in [0.1, 0.15) is 0 Å². The molecule has 7 nitrogen and oxygen atoms in total. The number of fused-ring (bicyclic) bond motifs is 1. The Balaban J connectivity index is 1.36. The molecule has 1 aliphatic rings. The van der Waals surface area contributed by atoms with Crippen LogP contribution in [0, 0.1) is 13.8 Å². The van der Waals surface area contributed by atoms with Gasteiger partial charge in [0.2, 0.25) is 0 Å². The second-order valence-corrected chi connectivity index (χ2v) is 8.95. The van der Waals surface area contributed by atoms with Crippen molar-refractivity contribution in [2.24, 2.45) is 0 Å². The molecular formula is C28H29N5O2. The van der Waals surface area contributed by atoms with Gasteiger partial charge in [0.15, 0.2) is 5.82 Å². The van der Waals surface area contributed by atoms with Crippen LogP contribution in [-0.4, -0.2) is 46.7 Å². The van der Waals surface area contributed by atoms with Crippen LogP contribution in [0.5, 0.6) is 0 Å². The molecule has 0 radical (unpaired) electrons. The number of aryl methyl sites for hydroxylation is 1. The van der Waals surface area contributed by atoms with Crippen LogP contribution in [-0.2, 0) is 6.54 Å². The summed E-state index contributed by atoms with van der Waals surface area (Å²) in [6, 6.07) is 23.5. The largest absolute Gasteiger partial charge is 0.348 e. The van der Waals surface area contributed by atoms with Gasteiger partial charge in [-0.05, 0) is 48.7 Å². The normalized spacial score (nSPS) is 13.8. The van der Waals surface area contributed by atoms with E-state index in [0.29, 0.717) is 38.5 Å². The second kappa shape index (κ2) is 9.62. The van der Waals surface area contributed by atoms with Gasteiger partial charge in [-0.15, -0.1) is 0 Å². The molecule has 1 aliphatic heterocycles. The monoisotopic (exact) mass is 467 g/mol. The summed E-state index contributed by atoms with van der Waals surface area (Å²) < 4.78 is 1.80. The molecule has 1 saturated heterocycles. The lowest BCUT2D eigenvalue weighted by molar-refractivity contribution is 0.208. The molecule has 1 aromatic heterocycles. The van der Waals surface area contributed by atoms with E-state index in [2.05, 4.69) is 5.32 Å². The quantitative estimate of drug-likeness (QED) is 0.483. The molecule has 2 amide bonds. The fourth-order valence-corrected chi connectivity index (χ4v) is 4.51. The number of carbonyl (C=O) groups excluding carboxylic acids is 1. The van der Waals surface area contributed by atoms with Crippen molar-refractivity contribution >= 4 is 28.6 Å². The maximum atomic E-state index is 13.6. The maximum absolute atomic E-state index is 13.6. The predicted molar refractivity (Wildman–Crippen MR) is 140 cm³/mol. The molecule has 1 fully saturated rings. The highest BCUT2D eigenvalue weighted by Crippen LogP contribution is 2.20. The van der Waals surface area contributed by atoms with Crippen LogP contribution in [0.1, 0.15) is 16.7 Å². The first-order valence-corrected chi connectivity index (χ1v) is 11.9. The van der Waals surface area contributed by atoms with Gasteiger partial charge >= 0.3 is 6.03 Å². The van der Waals surface area contributed by atoms with Gasteiger partial charge in [0, 0.05) is 31.9 Å². The summed E-state index contributed by atoms with van der Waals surface area (Å²) in [5.41, 5.74) is 5.59. The SMILES string of the molecule is Cc1cccc(NC(=O)N2CCN(c3nc4ccccc4n(Cc4ccccc4)c3=O)CC2)c1C. The van der Waals surface area contributed by atoms with E-state index in [1.165, 1.54) is 0 Å². The van der Waals surface area contributed by atoms with Crippen molar-refractivity contribution in [3.05, 3.63) is 99.8 Å². The number of rotatable bonds is 4. The molecule has 0 aliphatic carbocycles. The third-order valence-electron chi connectivity index (χ3n) is 6.73. The molecule has 0 unspecified atom stereocenters. The van der Waals surface area contributed by atoms with E-state index in [0.717, 1.165) is 33.4 Å². The first kappa shape index (κ1) is 22.7. The lowest BCUT2D eigenvalue weighted by Crippen LogP contribution is -2.51. The third-order valence-corrected chi connectivity index (χ3v) is 6.73. The fourth-order valence-electron chi connectivity index (χ4n) is 4.51. The Kier molecular flexibility index (Phi) is 6.23. The predicted octanol–water partition coefficient (Wildman–Crippen LogP) is 4.42. The number of hydrogen-bond donors (Lipinski definition) is 1. The Hall–Kier alpha value is -4.13. The number of hydrogen-bond acceptors (Lipinski definition) is 4. The molecular weight excluding hydrogens is 438 g/mol. The Morgan fingerprint density at radius 1 is 0.886 bits per heavy atom. The lowest BCUT2D eigenvalue weighted by Gasteiger charge is -2.35. The summed E-state index contributed by atoms with van der Waals surface area (Å²) in [4.78, 5) is 35.0. The zero-order chi connectivity index (χ0) is 24.4. The second-order valence-electron chi connectivity index (χ2n) is 8.95. The first-order valence-electron chi connectivity index (χ1n) is 11.9. The fraction of sp³-hybridized carbons (Fsp3) is 0.250. The van der Waals surface area contributed by atoms with Gasteiger partial charge in [-0.3, -0.25) is 9.36 Å². The number of para-hydroxylation sites is 2. The Bertz CT molecular complexity index is 1420. The van der Waals surface area contributed by atoms with E-state index in [4.69, 9.17) is 4.98 Å².